The number of benzene rings is 2. The van der Waals surface area contributed by atoms with Crippen molar-refractivity contribution in [2.75, 3.05) is 0 Å². The molecule has 2 rings (SSSR count). The Kier molecular flexibility index (Phi) is 3.34. The first-order valence-corrected chi connectivity index (χ1v) is 5.04. The Morgan fingerprint density at radius 1 is 0.938 bits per heavy atom. The van der Waals surface area contributed by atoms with Gasteiger partial charge in [0.25, 0.3) is 0 Å². The highest BCUT2D eigenvalue weighted by Crippen LogP contribution is 2.17. The molecule has 2 aromatic carbocycles. The molecular weight excluding hydrogens is 200 g/mol. The third-order valence-electron chi connectivity index (χ3n) is 2.23. The molecule has 2 heteroatoms. The molecule has 0 spiro atoms. The minimum Gasteiger partial charge on any atom is -0.488 e. The van der Waals surface area contributed by atoms with Gasteiger partial charge in [-0.15, -0.1) is 0 Å². The van der Waals surface area contributed by atoms with Gasteiger partial charge in [-0.2, -0.15) is 0 Å². The summed E-state index contributed by atoms with van der Waals surface area (Å²) >= 11 is 0. The fraction of sp³-hybridized carbons (Fsp3) is 0.0714. The van der Waals surface area contributed by atoms with E-state index in [1.807, 2.05) is 42.7 Å². The van der Waals surface area contributed by atoms with Crippen LogP contribution in [0.5, 0.6) is 5.75 Å². The number of ether oxygens (including phenoxy) is 1. The van der Waals surface area contributed by atoms with Crippen LogP contribution in [0.4, 0.5) is 0 Å². The van der Waals surface area contributed by atoms with Crippen molar-refractivity contribution in [3.05, 3.63) is 65.7 Å². The van der Waals surface area contributed by atoms with Crippen LogP contribution in [0.3, 0.4) is 0 Å². The van der Waals surface area contributed by atoms with E-state index >= 15 is 0 Å². The first-order valence-electron chi connectivity index (χ1n) is 5.04. The van der Waals surface area contributed by atoms with Crippen molar-refractivity contribution in [3.63, 3.8) is 0 Å². The third kappa shape index (κ3) is 2.48. The highest BCUT2D eigenvalue weighted by molar-refractivity contribution is 5.79. The number of hydrogen-bond donors (Lipinski definition) is 0. The smallest absolute Gasteiger partial charge is 0.237 e. The van der Waals surface area contributed by atoms with Crippen LogP contribution in [0.1, 0.15) is 11.1 Å². The van der Waals surface area contributed by atoms with Crippen molar-refractivity contribution < 1.29 is 9.53 Å². The minimum absolute atomic E-state index is 0.457. The molecular formula is C14H11O2. The van der Waals surface area contributed by atoms with Crippen molar-refractivity contribution in [1.82, 2.24) is 0 Å². The summed E-state index contributed by atoms with van der Waals surface area (Å²) < 4.78 is 5.55. The molecule has 0 aliphatic heterocycles. The summed E-state index contributed by atoms with van der Waals surface area (Å²) in [6.07, 6.45) is 1.86. The molecule has 0 unspecified atom stereocenters. The Balaban J connectivity index is 2.08. The van der Waals surface area contributed by atoms with Crippen LogP contribution >= 0.6 is 0 Å². The zero-order valence-corrected chi connectivity index (χ0v) is 8.72. The molecule has 2 aromatic rings. The topological polar surface area (TPSA) is 26.3 Å². The predicted octanol–water partition coefficient (Wildman–Crippen LogP) is 2.72. The molecule has 0 atom stereocenters. The monoisotopic (exact) mass is 211 g/mol. The van der Waals surface area contributed by atoms with Crippen LogP contribution in [-0.2, 0) is 11.4 Å². The second-order valence-corrected chi connectivity index (χ2v) is 3.37. The number of para-hydroxylation sites is 1. The van der Waals surface area contributed by atoms with E-state index in [2.05, 4.69) is 0 Å². The van der Waals surface area contributed by atoms with Gasteiger partial charge in [-0.1, -0.05) is 42.5 Å². The molecule has 0 saturated heterocycles. The van der Waals surface area contributed by atoms with Crippen LogP contribution < -0.4 is 4.74 Å². The van der Waals surface area contributed by atoms with Crippen LogP contribution in [0.2, 0.25) is 0 Å². The average Bonchev–Trinajstić information content (AvgIpc) is 2.38. The van der Waals surface area contributed by atoms with E-state index in [0.29, 0.717) is 17.9 Å². The summed E-state index contributed by atoms with van der Waals surface area (Å²) in [5.74, 6) is 0.571. The summed E-state index contributed by atoms with van der Waals surface area (Å²) in [4.78, 5) is 10.6. The molecule has 0 bridgehead atoms. The SMILES string of the molecule is O=[C]c1ccccc1OCc1ccccc1. The normalized spacial score (nSPS) is 9.75. The lowest BCUT2D eigenvalue weighted by Gasteiger charge is -2.07. The summed E-state index contributed by atoms with van der Waals surface area (Å²) in [7, 11) is 0. The van der Waals surface area contributed by atoms with Gasteiger partial charge in [0.15, 0.2) is 0 Å². The maximum Gasteiger partial charge on any atom is 0.237 e. The average molecular weight is 211 g/mol. The second kappa shape index (κ2) is 5.12. The molecule has 0 aliphatic rings. The first-order chi connectivity index (χ1) is 7.90. The van der Waals surface area contributed by atoms with E-state index in [1.54, 1.807) is 18.2 Å². The van der Waals surface area contributed by atoms with E-state index in [9.17, 15) is 4.79 Å². The number of hydrogen-bond acceptors (Lipinski definition) is 2. The number of rotatable bonds is 4. The minimum atomic E-state index is 0.457. The molecule has 0 aromatic heterocycles. The van der Waals surface area contributed by atoms with Gasteiger partial charge in [-0.05, 0) is 17.7 Å². The van der Waals surface area contributed by atoms with Crippen LogP contribution in [-0.4, -0.2) is 6.29 Å². The van der Waals surface area contributed by atoms with Crippen LogP contribution in [0.15, 0.2) is 54.6 Å². The Labute approximate surface area is 94.5 Å². The lowest BCUT2D eigenvalue weighted by molar-refractivity contribution is 0.305. The van der Waals surface area contributed by atoms with Gasteiger partial charge in [-0.25, -0.2) is 0 Å². The molecule has 0 N–H and O–H groups in total. The maximum atomic E-state index is 10.6. The molecule has 79 valence electrons. The van der Waals surface area contributed by atoms with Gasteiger partial charge in [0.05, 0.1) is 5.56 Å². The Bertz CT molecular complexity index is 463. The molecule has 0 heterocycles. The highest BCUT2D eigenvalue weighted by Gasteiger charge is 2.02. The van der Waals surface area contributed by atoms with Crippen LogP contribution in [0.25, 0.3) is 0 Å². The maximum absolute atomic E-state index is 10.6. The molecule has 0 amide bonds. The van der Waals surface area contributed by atoms with Crippen molar-refractivity contribution in [2.45, 2.75) is 6.61 Å². The van der Waals surface area contributed by atoms with E-state index in [4.69, 9.17) is 4.74 Å². The molecule has 2 nitrogen and oxygen atoms in total. The van der Waals surface area contributed by atoms with Gasteiger partial charge in [0, 0.05) is 0 Å². The van der Waals surface area contributed by atoms with Gasteiger partial charge >= 0.3 is 0 Å². The highest BCUT2D eigenvalue weighted by atomic mass is 16.5. The largest absolute Gasteiger partial charge is 0.488 e. The first kappa shape index (κ1) is 10.4. The zero-order chi connectivity index (χ0) is 11.2. The predicted molar refractivity (Wildman–Crippen MR) is 62.0 cm³/mol. The van der Waals surface area contributed by atoms with Crippen molar-refractivity contribution in [3.8, 4) is 5.75 Å². The lowest BCUT2D eigenvalue weighted by atomic mass is 10.2. The van der Waals surface area contributed by atoms with E-state index < -0.39 is 0 Å². The fourth-order valence-electron chi connectivity index (χ4n) is 1.41. The molecule has 16 heavy (non-hydrogen) atoms. The van der Waals surface area contributed by atoms with Crippen molar-refractivity contribution in [2.24, 2.45) is 0 Å². The molecule has 0 aliphatic carbocycles. The van der Waals surface area contributed by atoms with Gasteiger partial charge in [0.1, 0.15) is 12.4 Å². The fourth-order valence-corrected chi connectivity index (χ4v) is 1.41. The second-order valence-electron chi connectivity index (χ2n) is 3.37. The Morgan fingerprint density at radius 3 is 2.38 bits per heavy atom. The van der Waals surface area contributed by atoms with Gasteiger partial charge < -0.3 is 4.74 Å². The Morgan fingerprint density at radius 2 is 1.62 bits per heavy atom. The summed E-state index contributed by atoms with van der Waals surface area (Å²) in [5, 5.41) is 0. The number of carbonyl (C=O) groups excluding carboxylic acids is 1. The zero-order valence-electron chi connectivity index (χ0n) is 8.72. The summed E-state index contributed by atoms with van der Waals surface area (Å²) in [5.41, 5.74) is 1.53. The van der Waals surface area contributed by atoms with E-state index in [0.717, 1.165) is 5.56 Å². The third-order valence-corrected chi connectivity index (χ3v) is 2.23. The quantitative estimate of drug-likeness (QED) is 0.777. The molecule has 0 fully saturated rings. The van der Waals surface area contributed by atoms with Crippen LogP contribution in [0, 0.1) is 0 Å². The molecule has 1 radical (unpaired) electrons. The lowest BCUT2D eigenvalue weighted by Crippen LogP contribution is -1.97. The standard InChI is InChI=1S/C14H11O2/c15-10-13-8-4-5-9-14(13)16-11-12-6-2-1-3-7-12/h1-9H,11H2. The van der Waals surface area contributed by atoms with Crippen molar-refractivity contribution in [1.29, 1.82) is 0 Å². The van der Waals surface area contributed by atoms with Gasteiger partial charge in [-0.3, -0.25) is 4.79 Å². The van der Waals surface area contributed by atoms with E-state index in [1.165, 1.54) is 0 Å². The Hall–Kier alpha value is -2.09. The van der Waals surface area contributed by atoms with E-state index in [-0.39, 0.29) is 0 Å². The van der Waals surface area contributed by atoms with Gasteiger partial charge in [0.2, 0.25) is 6.29 Å². The molecule has 0 saturated carbocycles. The summed E-state index contributed by atoms with van der Waals surface area (Å²) in [6.45, 7) is 0.458. The summed E-state index contributed by atoms with van der Waals surface area (Å²) in [6, 6.07) is 16.9. The van der Waals surface area contributed by atoms with Crippen molar-refractivity contribution >= 4 is 6.29 Å².